The Morgan fingerprint density at radius 2 is 1.60 bits per heavy atom. The van der Waals surface area contributed by atoms with Gasteiger partial charge in [0.15, 0.2) is 0 Å². The van der Waals surface area contributed by atoms with Crippen LogP contribution in [0.5, 0.6) is 0 Å². The SMILES string of the molecule is CN(C(=O)C1CCN(S(C)(=O)=O)CC1)C1CCCCC1. The summed E-state index contributed by atoms with van der Waals surface area (Å²) in [6.45, 7) is 0.960. The van der Waals surface area contributed by atoms with E-state index in [0.717, 1.165) is 12.8 Å². The van der Waals surface area contributed by atoms with Crippen LogP contribution in [0.3, 0.4) is 0 Å². The van der Waals surface area contributed by atoms with Crippen molar-refractivity contribution in [2.24, 2.45) is 5.92 Å². The first kappa shape index (κ1) is 15.8. The van der Waals surface area contributed by atoms with Crippen LogP contribution >= 0.6 is 0 Å². The summed E-state index contributed by atoms with van der Waals surface area (Å²) in [5.74, 6) is 0.213. The quantitative estimate of drug-likeness (QED) is 0.793. The predicted molar refractivity (Wildman–Crippen MR) is 78.8 cm³/mol. The fourth-order valence-electron chi connectivity index (χ4n) is 3.37. The van der Waals surface area contributed by atoms with Crippen LogP contribution in [-0.4, -0.2) is 56.0 Å². The third-order valence-corrected chi connectivity index (χ3v) is 6.05. The molecule has 20 heavy (non-hydrogen) atoms. The normalized spacial score (nSPS) is 23.7. The summed E-state index contributed by atoms with van der Waals surface area (Å²) in [5.41, 5.74) is 0. The van der Waals surface area contributed by atoms with Gasteiger partial charge in [-0.1, -0.05) is 19.3 Å². The fourth-order valence-corrected chi connectivity index (χ4v) is 4.24. The number of carbonyl (C=O) groups excluding carboxylic acids is 1. The van der Waals surface area contributed by atoms with Gasteiger partial charge in [-0.2, -0.15) is 0 Å². The van der Waals surface area contributed by atoms with Crippen LogP contribution < -0.4 is 0 Å². The third-order valence-electron chi connectivity index (χ3n) is 4.74. The van der Waals surface area contributed by atoms with Crippen molar-refractivity contribution in [2.75, 3.05) is 26.4 Å². The molecule has 6 heteroatoms. The Morgan fingerprint density at radius 1 is 1.05 bits per heavy atom. The van der Waals surface area contributed by atoms with E-state index in [2.05, 4.69) is 0 Å². The number of carbonyl (C=O) groups is 1. The molecule has 5 nitrogen and oxygen atoms in total. The summed E-state index contributed by atoms with van der Waals surface area (Å²) >= 11 is 0. The standard InChI is InChI=1S/C14H26N2O3S/c1-15(13-6-4-3-5-7-13)14(17)12-8-10-16(11-9-12)20(2,18)19/h12-13H,3-11H2,1-2H3. The van der Waals surface area contributed by atoms with Gasteiger partial charge < -0.3 is 4.90 Å². The van der Waals surface area contributed by atoms with Gasteiger partial charge in [-0.25, -0.2) is 12.7 Å². The Kier molecular flexibility index (Phi) is 5.07. The molecule has 1 aliphatic carbocycles. The molecule has 2 aliphatic rings. The van der Waals surface area contributed by atoms with E-state index in [1.165, 1.54) is 29.8 Å². The largest absolute Gasteiger partial charge is 0.343 e. The van der Waals surface area contributed by atoms with E-state index in [-0.39, 0.29) is 11.8 Å². The van der Waals surface area contributed by atoms with Gasteiger partial charge in [0, 0.05) is 32.1 Å². The number of sulfonamides is 1. The molecule has 0 N–H and O–H groups in total. The molecule has 0 aromatic rings. The average molecular weight is 302 g/mol. The lowest BCUT2D eigenvalue weighted by atomic mass is 9.91. The van der Waals surface area contributed by atoms with Gasteiger partial charge in [-0.05, 0) is 25.7 Å². The summed E-state index contributed by atoms with van der Waals surface area (Å²) in [6, 6.07) is 0.393. The van der Waals surface area contributed by atoms with Crippen molar-refractivity contribution in [3.05, 3.63) is 0 Å². The number of piperidine rings is 1. The smallest absolute Gasteiger partial charge is 0.225 e. The lowest BCUT2D eigenvalue weighted by molar-refractivity contribution is -0.138. The van der Waals surface area contributed by atoms with Crippen molar-refractivity contribution >= 4 is 15.9 Å². The van der Waals surface area contributed by atoms with Crippen LogP contribution in [-0.2, 0) is 14.8 Å². The molecule has 0 radical (unpaired) electrons. The molecule has 116 valence electrons. The molecule has 1 aliphatic heterocycles. The number of nitrogens with zero attached hydrogens (tertiary/aromatic N) is 2. The van der Waals surface area contributed by atoms with Gasteiger partial charge in [0.05, 0.1) is 6.26 Å². The lowest BCUT2D eigenvalue weighted by Gasteiger charge is -2.36. The third kappa shape index (κ3) is 3.73. The van der Waals surface area contributed by atoms with Crippen LogP contribution in [0.25, 0.3) is 0 Å². The first-order valence-electron chi connectivity index (χ1n) is 7.61. The first-order valence-corrected chi connectivity index (χ1v) is 9.46. The summed E-state index contributed by atoms with van der Waals surface area (Å²) in [4.78, 5) is 14.4. The number of hydrogen-bond donors (Lipinski definition) is 0. The molecule has 2 fully saturated rings. The summed E-state index contributed by atoms with van der Waals surface area (Å²) in [7, 11) is -1.19. The second-order valence-electron chi connectivity index (χ2n) is 6.18. The van der Waals surface area contributed by atoms with Crippen LogP contribution in [0.4, 0.5) is 0 Å². The molecule has 0 aromatic carbocycles. The van der Waals surface area contributed by atoms with E-state index in [4.69, 9.17) is 0 Å². The van der Waals surface area contributed by atoms with Crippen molar-refractivity contribution in [1.29, 1.82) is 0 Å². The number of rotatable bonds is 3. The minimum atomic E-state index is -3.11. The van der Waals surface area contributed by atoms with E-state index in [1.807, 2.05) is 11.9 Å². The summed E-state index contributed by atoms with van der Waals surface area (Å²) in [5, 5.41) is 0. The molecule has 1 heterocycles. The van der Waals surface area contributed by atoms with E-state index < -0.39 is 10.0 Å². The van der Waals surface area contributed by atoms with Gasteiger partial charge in [-0.3, -0.25) is 4.79 Å². The van der Waals surface area contributed by atoms with Crippen molar-refractivity contribution in [2.45, 2.75) is 51.0 Å². The highest BCUT2D eigenvalue weighted by Gasteiger charge is 2.32. The van der Waals surface area contributed by atoms with Crippen LogP contribution in [0.15, 0.2) is 0 Å². The van der Waals surface area contributed by atoms with Crippen molar-refractivity contribution in [3.8, 4) is 0 Å². The van der Waals surface area contributed by atoms with Crippen molar-refractivity contribution in [3.63, 3.8) is 0 Å². The summed E-state index contributed by atoms with van der Waals surface area (Å²) in [6.07, 6.45) is 8.50. The van der Waals surface area contributed by atoms with Crippen molar-refractivity contribution in [1.82, 2.24) is 9.21 Å². The predicted octanol–water partition coefficient (Wildman–Crippen LogP) is 1.45. The molecule has 0 bridgehead atoms. The van der Waals surface area contributed by atoms with Gasteiger partial charge in [0.1, 0.15) is 0 Å². The van der Waals surface area contributed by atoms with Gasteiger partial charge in [0.2, 0.25) is 15.9 Å². The Morgan fingerprint density at radius 3 is 2.10 bits per heavy atom. The molecule has 0 spiro atoms. The lowest BCUT2D eigenvalue weighted by Crippen LogP contribution is -2.46. The van der Waals surface area contributed by atoms with Crippen LogP contribution in [0.1, 0.15) is 44.9 Å². The minimum absolute atomic E-state index is 0.0000680. The minimum Gasteiger partial charge on any atom is -0.343 e. The maximum atomic E-state index is 12.5. The highest BCUT2D eigenvalue weighted by Crippen LogP contribution is 2.26. The maximum Gasteiger partial charge on any atom is 0.225 e. The monoisotopic (exact) mass is 302 g/mol. The summed E-state index contributed by atoms with van der Waals surface area (Å²) < 4.78 is 24.4. The highest BCUT2D eigenvalue weighted by atomic mass is 32.2. The molecule has 1 amide bonds. The molecule has 0 aromatic heterocycles. The molecule has 1 saturated carbocycles. The fraction of sp³-hybridized carbons (Fsp3) is 0.929. The first-order chi connectivity index (χ1) is 9.39. The number of hydrogen-bond acceptors (Lipinski definition) is 3. The van der Waals surface area contributed by atoms with Crippen LogP contribution in [0, 0.1) is 5.92 Å². The maximum absolute atomic E-state index is 12.5. The second kappa shape index (κ2) is 6.43. The zero-order chi connectivity index (χ0) is 14.8. The molecule has 1 saturated heterocycles. The Balaban J connectivity index is 1.88. The topological polar surface area (TPSA) is 57.7 Å². The zero-order valence-corrected chi connectivity index (χ0v) is 13.4. The Hall–Kier alpha value is -0.620. The van der Waals surface area contributed by atoms with E-state index in [1.54, 1.807) is 0 Å². The van der Waals surface area contributed by atoms with Gasteiger partial charge in [-0.15, -0.1) is 0 Å². The molecular weight excluding hydrogens is 276 g/mol. The van der Waals surface area contributed by atoms with E-state index in [0.29, 0.717) is 32.0 Å². The molecule has 0 atom stereocenters. The van der Waals surface area contributed by atoms with Crippen molar-refractivity contribution < 1.29 is 13.2 Å². The Labute approximate surface area is 122 Å². The Bertz CT molecular complexity index is 435. The highest BCUT2D eigenvalue weighted by molar-refractivity contribution is 7.88. The number of amides is 1. The average Bonchev–Trinajstić information content (AvgIpc) is 2.46. The second-order valence-corrected chi connectivity index (χ2v) is 8.16. The van der Waals surface area contributed by atoms with E-state index >= 15 is 0 Å². The van der Waals surface area contributed by atoms with Gasteiger partial charge in [0.25, 0.3) is 0 Å². The van der Waals surface area contributed by atoms with Crippen LogP contribution in [0.2, 0.25) is 0 Å². The molecule has 0 unspecified atom stereocenters. The van der Waals surface area contributed by atoms with E-state index in [9.17, 15) is 13.2 Å². The molecular formula is C14H26N2O3S. The zero-order valence-electron chi connectivity index (χ0n) is 12.5. The molecule has 2 rings (SSSR count). The van der Waals surface area contributed by atoms with Gasteiger partial charge >= 0.3 is 0 Å².